The third-order valence-electron chi connectivity index (χ3n) is 3.60. The zero-order valence-corrected chi connectivity index (χ0v) is 12.8. The number of aryl methyl sites for hydroxylation is 1. The molecular formula is C15H14ClFN2OS. The highest BCUT2D eigenvalue weighted by Gasteiger charge is 2.24. The predicted molar refractivity (Wildman–Crippen MR) is 84.7 cm³/mol. The van der Waals surface area contributed by atoms with Crippen molar-refractivity contribution in [3.8, 4) is 0 Å². The Bertz CT molecular complexity index is 714. The van der Waals surface area contributed by atoms with E-state index in [9.17, 15) is 9.18 Å². The zero-order valence-electron chi connectivity index (χ0n) is 11.2. The van der Waals surface area contributed by atoms with Crippen LogP contribution in [-0.4, -0.2) is 5.91 Å². The molecule has 1 aromatic carbocycles. The molecule has 21 heavy (non-hydrogen) atoms. The van der Waals surface area contributed by atoms with Gasteiger partial charge in [-0.1, -0.05) is 11.6 Å². The first-order chi connectivity index (χ1) is 10.1. The van der Waals surface area contributed by atoms with Crippen molar-refractivity contribution in [2.24, 2.45) is 0 Å². The molecule has 1 aromatic heterocycles. The summed E-state index contributed by atoms with van der Waals surface area (Å²) < 4.78 is 13.1. The standard InChI is InChI=1S/C15H14ClFN2OS/c16-10-7-8(5-6-11(10)17)19-15(20)13-9-3-1-2-4-12(9)21-14(13)18/h5-7H,1-4,18H2,(H,19,20). The third kappa shape index (κ3) is 2.76. The van der Waals surface area contributed by atoms with Crippen LogP contribution in [0.25, 0.3) is 0 Å². The highest BCUT2D eigenvalue weighted by Crippen LogP contribution is 2.36. The van der Waals surface area contributed by atoms with Crippen LogP contribution in [0.4, 0.5) is 15.1 Å². The summed E-state index contributed by atoms with van der Waals surface area (Å²) in [6.07, 6.45) is 4.09. The van der Waals surface area contributed by atoms with Gasteiger partial charge in [-0.3, -0.25) is 4.79 Å². The topological polar surface area (TPSA) is 55.1 Å². The number of carbonyl (C=O) groups is 1. The fraction of sp³-hybridized carbons (Fsp3) is 0.267. The maximum Gasteiger partial charge on any atom is 0.258 e. The van der Waals surface area contributed by atoms with E-state index in [1.165, 1.54) is 34.4 Å². The molecule has 110 valence electrons. The van der Waals surface area contributed by atoms with Gasteiger partial charge in [0.05, 0.1) is 15.6 Å². The SMILES string of the molecule is Nc1sc2c(c1C(=O)Nc1ccc(F)c(Cl)c1)CCCC2. The van der Waals surface area contributed by atoms with Crippen molar-refractivity contribution in [2.75, 3.05) is 11.1 Å². The highest BCUT2D eigenvalue weighted by molar-refractivity contribution is 7.16. The lowest BCUT2D eigenvalue weighted by atomic mass is 9.95. The molecule has 0 unspecified atom stereocenters. The predicted octanol–water partition coefficient (Wildman–Crippen LogP) is 4.25. The minimum atomic E-state index is -0.512. The summed E-state index contributed by atoms with van der Waals surface area (Å²) in [7, 11) is 0. The number of fused-ring (bicyclic) bond motifs is 1. The Balaban J connectivity index is 1.88. The summed E-state index contributed by atoms with van der Waals surface area (Å²) in [6.45, 7) is 0. The first-order valence-corrected chi connectivity index (χ1v) is 7.92. The summed E-state index contributed by atoms with van der Waals surface area (Å²) in [5.74, 6) is -0.767. The average Bonchev–Trinajstić information content (AvgIpc) is 2.78. The number of nitrogen functional groups attached to an aromatic ring is 1. The largest absolute Gasteiger partial charge is 0.390 e. The van der Waals surface area contributed by atoms with E-state index in [0.717, 1.165) is 31.2 Å². The summed E-state index contributed by atoms with van der Waals surface area (Å²) in [5, 5.41) is 3.27. The number of halogens is 2. The van der Waals surface area contributed by atoms with Crippen LogP contribution in [0.5, 0.6) is 0 Å². The molecule has 0 bridgehead atoms. The van der Waals surface area contributed by atoms with Crippen molar-refractivity contribution in [3.05, 3.63) is 45.0 Å². The molecule has 0 fully saturated rings. The molecule has 2 aromatic rings. The Hall–Kier alpha value is -1.59. The maximum absolute atomic E-state index is 13.1. The van der Waals surface area contributed by atoms with Gasteiger partial charge in [0, 0.05) is 10.6 Å². The van der Waals surface area contributed by atoms with E-state index < -0.39 is 5.82 Å². The Morgan fingerprint density at radius 2 is 2.10 bits per heavy atom. The molecule has 1 heterocycles. The van der Waals surface area contributed by atoms with Crippen molar-refractivity contribution in [3.63, 3.8) is 0 Å². The summed E-state index contributed by atoms with van der Waals surface area (Å²) in [4.78, 5) is 13.7. The molecule has 6 heteroatoms. The van der Waals surface area contributed by atoms with E-state index in [0.29, 0.717) is 16.3 Å². The molecule has 3 nitrogen and oxygen atoms in total. The van der Waals surface area contributed by atoms with Crippen LogP contribution in [-0.2, 0) is 12.8 Å². The number of thiophene rings is 1. The molecule has 1 amide bonds. The molecule has 1 aliphatic carbocycles. The maximum atomic E-state index is 13.1. The number of carbonyl (C=O) groups excluding carboxylic acids is 1. The van der Waals surface area contributed by atoms with Gasteiger partial charge < -0.3 is 11.1 Å². The summed E-state index contributed by atoms with van der Waals surface area (Å²) in [5.41, 5.74) is 8.09. The molecule has 1 aliphatic rings. The Labute approximate surface area is 130 Å². The lowest BCUT2D eigenvalue weighted by Crippen LogP contribution is -2.16. The molecule has 0 saturated carbocycles. The number of nitrogens with one attached hydrogen (secondary N) is 1. The Kier molecular flexibility index (Phi) is 3.87. The van der Waals surface area contributed by atoms with Gasteiger partial charge in [0.1, 0.15) is 5.82 Å². The number of hydrogen-bond donors (Lipinski definition) is 2. The lowest BCUT2D eigenvalue weighted by Gasteiger charge is -2.13. The van der Waals surface area contributed by atoms with E-state index >= 15 is 0 Å². The number of anilines is 2. The van der Waals surface area contributed by atoms with Gasteiger partial charge in [-0.05, 0) is 49.4 Å². The van der Waals surface area contributed by atoms with Crippen molar-refractivity contribution in [1.29, 1.82) is 0 Å². The third-order valence-corrected chi connectivity index (χ3v) is 5.01. The summed E-state index contributed by atoms with van der Waals surface area (Å²) in [6, 6.07) is 4.10. The van der Waals surface area contributed by atoms with Gasteiger partial charge in [0.15, 0.2) is 0 Å². The summed E-state index contributed by atoms with van der Waals surface area (Å²) >= 11 is 7.21. The van der Waals surface area contributed by atoms with E-state index in [1.54, 1.807) is 0 Å². The molecule has 3 N–H and O–H groups in total. The highest BCUT2D eigenvalue weighted by atomic mass is 35.5. The van der Waals surface area contributed by atoms with Crippen LogP contribution in [0.3, 0.4) is 0 Å². The van der Waals surface area contributed by atoms with Crippen LogP contribution in [0.1, 0.15) is 33.6 Å². The molecule has 0 spiro atoms. The van der Waals surface area contributed by atoms with E-state index in [4.69, 9.17) is 17.3 Å². The fourth-order valence-corrected chi connectivity index (χ4v) is 3.94. The zero-order chi connectivity index (χ0) is 15.0. The second-order valence-electron chi connectivity index (χ2n) is 5.03. The second-order valence-corrected chi connectivity index (χ2v) is 6.58. The number of benzene rings is 1. The molecule has 3 rings (SSSR count). The Morgan fingerprint density at radius 3 is 2.86 bits per heavy atom. The monoisotopic (exact) mass is 324 g/mol. The van der Waals surface area contributed by atoms with Gasteiger partial charge in [-0.15, -0.1) is 11.3 Å². The van der Waals surface area contributed by atoms with Gasteiger partial charge in [0.25, 0.3) is 5.91 Å². The van der Waals surface area contributed by atoms with Crippen molar-refractivity contribution in [1.82, 2.24) is 0 Å². The number of amides is 1. The Morgan fingerprint density at radius 1 is 1.33 bits per heavy atom. The number of rotatable bonds is 2. The minimum absolute atomic E-state index is 0.0203. The van der Waals surface area contributed by atoms with Gasteiger partial charge in [-0.25, -0.2) is 4.39 Å². The van der Waals surface area contributed by atoms with Gasteiger partial charge in [0.2, 0.25) is 0 Å². The van der Waals surface area contributed by atoms with Crippen molar-refractivity contribution >= 4 is 39.5 Å². The van der Waals surface area contributed by atoms with E-state index in [-0.39, 0.29) is 10.9 Å². The van der Waals surface area contributed by atoms with Crippen molar-refractivity contribution in [2.45, 2.75) is 25.7 Å². The van der Waals surface area contributed by atoms with Gasteiger partial charge in [-0.2, -0.15) is 0 Å². The molecule has 0 saturated heterocycles. The normalized spacial score (nSPS) is 13.8. The molecule has 0 aliphatic heterocycles. The van der Waals surface area contributed by atoms with E-state index in [2.05, 4.69) is 5.32 Å². The lowest BCUT2D eigenvalue weighted by molar-refractivity contribution is 0.102. The molecule has 0 radical (unpaired) electrons. The number of hydrogen-bond acceptors (Lipinski definition) is 3. The van der Waals surface area contributed by atoms with Crippen LogP contribution in [0.15, 0.2) is 18.2 Å². The second kappa shape index (κ2) is 5.66. The average molecular weight is 325 g/mol. The fourth-order valence-electron chi connectivity index (χ4n) is 2.60. The van der Waals surface area contributed by atoms with Gasteiger partial charge >= 0.3 is 0 Å². The smallest absolute Gasteiger partial charge is 0.258 e. The minimum Gasteiger partial charge on any atom is -0.390 e. The molecule has 0 atom stereocenters. The van der Waals surface area contributed by atoms with Crippen LogP contribution >= 0.6 is 22.9 Å². The van der Waals surface area contributed by atoms with Crippen LogP contribution in [0, 0.1) is 5.82 Å². The quantitative estimate of drug-likeness (QED) is 0.867. The van der Waals surface area contributed by atoms with E-state index in [1.807, 2.05) is 0 Å². The van der Waals surface area contributed by atoms with Crippen LogP contribution < -0.4 is 11.1 Å². The van der Waals surface area contributed by atoms with Crippen molar-refractivity contribution < 1.29 is 9.18 Å². The first-order valence-electron chi connectivity index (χ1n) is 6.72. The molecular weight excluding hydrogens is 311 g/mol. The van der Waals surface area contributed by atoms with Crippen LogP contribution in [0.2, 0.25) is 5.02 Å². The number of nitrogens with two attached hydrogens (primary N) is 1. The first kappa shape index (κ1) is 14.4.